The van der Waals surface area contributed by atoms with E-state index in [0.717, 1.165) is 17.1 Å². The summed E-state index contributed by atoms with van der Waals surface area (Å²) >= 11 is 1.11. The number of carbonyl (C=O) groups is 1. The van der Waals surface area contributed by atoms with Crippen LogP contribution in [0.1, 0.15) is 15.9 Å². The number of ether oxygens (including phenoxy) is 1. The van der Waals surface area contributed by atoms with Crippen molar-refractivity contribution in [2.24, 2.45) is 0 Å². The van der Waals surface area contributed by atoms with Crippen molar-refractivity contribution in [3.63, 3.8) is 0 Å². The van der Waals surface area contributed by atoms with Gasteiger partial charge in [0.15, 0.2) is 0 Å². The predicted octanol–water partition coefficient (Wildman–Crippen LogP) is 2.34. The fourth-order valence-corrected chi connectivity index (χ4v) is 1.55. The Kier molecular flexibility index (Phi) is 2.82. The van der Waals surface area contributed by atoms with Gasteiger partial charge in [0.1, 0.15) is 12.1 Å². The lowest BCUT2D eigenvalue weighted by Gasteiger charge is -2.05. The molecule has 2 rings (SSSR count). The molecule has 0 amide bonds. The van der Waals surface area contributed by atoms with Gasteiger partial charge in [0.2, 0.25) is 0 Å². The van der Waals surface area contributed by atoms with E-state index in [9.17, 15) is 4.79 Å². The summed E-state index contributed by atoms with van der Waals surface area (Å²) in [5.74, 6) is -0.501. The van der Waals surface area contributed by atoms with Gasteiger partial charge in [-0.1, -0.05) is 6.07 Å². The zero-order valence-corrected chi connectivity index (χ0v) is 9.19. The van der Waals surface area contributed by atoms with Gasteiger partial charge in [-0.25, -0.2) is 4.79 Å². The Labute approximate surface area is 95.5 Å². The highest BCUT2D eigenvalue weighted by Crippen LogP contribution is 2.26. The number of carboxylic acids is 1. The fraction of sp³-hybridized carbons (Fsp3) is 0.100. The van der Waals surface area contributed by atoms with Crippen molar-refractivity contribution in [3.8, 4) is 10.9 Å². The van der Waals surface area contributed by atoms with Crippen LogP contribution in [-0.4, -0.2) is 20.4 Å². The van der Waals surface area contributed by atoms with Crippen molar-refractivity contribution in [2.45, 2.75) is 6.92 Å². The number of rotatable bonds is 3. The minimum atomic E-state index is -0.984. The van der Waals surface area contributed by atoms with Crippen LogP contribution in [0.25, 0.3) is 0 Å². The molecule has 2 aromatic rings. The van der Waals surface area contributed by atoms with Crippen LogP contribution in [-0.2, 0) is 0 Å². The topological polar surface area (TPSA) is 72.3 Å². The monoisotopic (exact) mass is 236 g/mol. The van der Waals surface area contributed by atoms with E-state index in [-0.39, 0.29) is 5.56 Å². The average molecular weight is 236 g/mol. The quantitative estimate of drug-likeness (QED) is 0.885. The van der Waals surface area contributed by atoms with Crippen LogP contribution >= 0.6 is 11.5 Å². The molecule has 16 heavy (non-hydrogen) atoms. The Balaban J connectivity index is 2.32. The van der Waals surface area contributed by atoms with Gasteiger partial charge in [-0.15, -0.1) is 0 Å². The summed E-state index contributed by atoms with van der Waals surface area (Å²) in [5, 5.41) is 9.24. The van der Waals surface area contributed by atoms with Gasteiger partial charge in [0.25, 0.3) is 5.19 Å². The minimum Gasteiger partial charge on any atom is -0.478 e. The maximum Gasteiger partial charge on any atom is 0.335 e. The zero-order valence-electron chi connectivity index (χ0n) is 8.38. The normalized spacial score (nSPS) is 10.1. The second-order valence-corrected chi connectivity index (χ2v) is 3.84. The first-order chi connectivity index (χ1) is 7.66. The molecule has 1 aromatic heterocycles. The highest BCUT2D eigenvalue weighted by Gasteiger charge is 2.09. The van der Waals surface area contributed by atoms with E-state index in [0.29, 0.717) is 10.9 Å². The number of hydrogen-bond donors (Lipinski definition) is 1. The van der Waals surface area contributed by atoms with Crippen molar-refractivity contribution in [2.75, 3.05) is 0 Å². The number of nitrogens with zero attached hydrogens (tertiary/aromatic N) is 2. The molecule has 0 saturated carbocycles. The Morgan fingerprint density at radius 2 is 2.31 bits per heavy atom. The summed E-state index contributed by atoms with van der Waals surface area (Å²) in [7, 11) is 0. The zero-order chi connectivity index (χ0) is 11.5. The molecule has 6 heteroatoms. The number of aromatic nitrogens is 2. The molecule has 0 atom stereocenters. The molecule has 0 radical (unpaired) electrons. The van der Waals surface area contributed by atoms with Gasteiger partial charge in [-0.05, 0) is 24.6 Å². The Hall–Kier alpha value is -1.95. The van der Waals surface area contributed by atoms with Crippen LogP contribution in [0.15, 0.2) is 24.5 Å². The lowest BCUT2D eigenvalue weighted by molar-refractivity contribution is 0.0696. The van der Waals surface area contributed by atoms with Crippen molar-refractivity contribution in [1.29, 1.82) is 0 Å². The first-order valence-corrected chi connectivity index (χ1v) is 5.22. The summed E-state index contributed by atoms with van der Waals surface area (Å²) in [6.07, 6.45) is 1.39. The number of hydrogen-bond acceptors (Lipinski definition) is 5. The molecule has 0 aliphatic carbocycles. The van der Waals surface area contributed by atoms with Crippen molar-refractivity contribution >= 4 is 17.5 Å². The summed E-state index contributed by atoms with van der Waals surface area (Å²) in [4.78, 5) is 14.7. The molecule has 0 aliphatic heterocycles. The van der Waals surface area contributed by atoms with Crippen LogP contribution in [0.5, 0.6) is 10.9 Å². The Morgan fingerprint density at radius 1 is 1.50 bits per heavy atom. The third kappa shape index (κ3) is 2.17. The number of carboxylic acid groups (broad SMARTS) is 1. The number of aromatic carboxylic acids is 1. The minimum absolute atomic E-state index is 0.185. The first kappa shape index (κ1) is 10.6. The lowest BCUT2D eigenvalue weighted by Crippen LogP contribution is -1.97. The lowest BCUT2D eigenvalue weighted by atomic mass is 10.1. The van der Waals surface area contributed by atoms with E-state index in [1.54, 1.807) is 6.07 Å². The molecule has 1 aromatic carbocycles. The maximum absolute atomic E-state index is 10.8. The molecular formula is C10H8N2O3S. The van der Waals surface area contributed by atoms with Crippen LogP contribution in [0.3, 0.4) is 0 Å². The molecule has 5 nitrogen and oxygen atoms in total. The van der Waals surface area contributed by atoms with Crippen molar-refractivity contribution in [1.82, 2.24) is 9.36 Å². The van der Waals surface area contributed by atoms with E-state index in [2.05, 4.69) is 9.36 Å². The second kappa shape index (κ2) is 4.28. The fourth-order valence-electron chi connectivity index (χ4n) is 1.15. The highest BCUT2D eigenvalue weighted by atomic mass is 32.1. The number of aryl methyl sites for hydroxylation is 1. The summed E-state index contributed by atoms with van der Waals surface area (Å²) in [6, 6.07) is 4.70. The van der Waals surface area contributed by atoms with Crippen molar-refractivity contribution < 1.29 is 14.6 Å². The standard InChI is InChI=1S/C10H8N2O3S/c1-6-2-3-7(9(13)14)4-8(6)15-10-11-5-12-16-10/h2-5H,1H3,(H,13,14). The van der Waals surface area contributed by atoms with Crippen LogP contribution < -0.4 is 4.74 Å². The molecule has 1 N–H and O–H groups in total. The predicted molar refractivity (Wildman–Crippen MR) is 58.1 cm³/mol. The van der Waals surface area contributed by atoms with Crippen LogP contribution in [0.2, 0.25) is 0 Å². The molecule has 82 valence electrons. The molecular weight excluding hydrogens is 228 g/mol. The summed E-state index contributed by atoms with van der Waals surface area (Å²) in [5.41, 5.74) is 1.03. The molecule has 0 unspecified atom stereocenters. The van der Waals surface area contributed by atoms with E-state index >= 15 is 0 Å². The first-order valence-electron chi connectivity index (χ1n) is 4.45. The third-order valence-electron chi connectivity index (χ3n) is 1.97. The largest absolute Gasteiger partial charge is 0.478 e. The van der Waals surface area contributed by atoms with E-state index in [4.69, 9.17) is 9.84 Å². The summed E-state index contributed by atoms with van der Waals surface area (Å²) < 4.78 is 9.22. The van der Waals surface area contributed by atoms with Gasteiger partial charge in [-0.3, -0.25) is 0 Å². The molecule has 0 spiro atoms. The molecule has 0 aliphatic rings. The van der Waals surface area contributed by atoms with E-state index in [1.165, 1.54) is 18.5 Å². The van der Waals surface area contributed by atoms with Crippen molar-refractivity contribution in [3.05, 3.63) is 35.7 Å². The SMILES string of the molecule is Cc1ccc(C(=O)O)cc1Oc1ncns1. The molecule has 0 saturated heterocycles. The Bertz CT molecular complexity index is 511. The van der Waals surface area contributed by atoms with Gasteiger partial charge < -0.3 is 9.84 Å². The molecule has 0 bridgehead atoms. The maximum atomic E-state index is 10.8. The Morgan fingerprint density at radius 3 is 2.94 bits per heavy atom. The molecule has 0 fully saturated rings. The average Bonchev–Trinajstić information content (AvgIpc) is 2.73. The smallest absolute Gasteiger partial charge is 0.335 e. The van der Waals surface area contributed by atoms with Gasteiger partial charge in [-0.2, -0.15) is 9.36 Å². The second-order valence-electron chi connectivity index (χ2n) is 3.09. The summed E-state index contributed by atoms with van der Waals surface area (Å²) in [6.45, 7) is 1.84. The molecule has 1 heterocycles. The van der Waals surface area contributed by atoms with E-state index in [1.807, 2.05) is 6.92 Å². The van der Waals surface area contributed by atoms with Gasteiger partial charge >= 0.3 is 5.97 Å². The van der Waals surface area contributed by atoms with Crippen LogP contribution in [0.4, 0.5) is 0 Å². The van der Waals surface area contributed by atoms with Gasteiger partial charge in [0.05, 0.1) is 5.56 Å². The third-order valence-corrected chi connectivity index (χ3v) is 2.52. The highest BCUT2D eigenvalue weighted by molar-refractivity contribution is 7.07. The number of benzene rings is 1. The van der Waals surface area contributed by atoms with Gasteiger partial charge in [0, 0.05) is 11.5 Å². The van der Waals surface area contributed by atoms with E-state index < -0.39 is 5.97 Å². The van der Waals surface area contributed by atoms with Crippen LogP contribution in [0, 0.1) is 6.92 Å².